The number of hydrogen-bond acceptors (Lipinski definition) is 1. The number of aromatic nitrogens is 2. The Hall–Kier alpha value is -2.01. The molecule has 0 saturated carbocycles. The van der Waals surface area contributed by atoms with Crippen LogP contribution in [0.4, 0.5) is 13.2 Å². The Kier molecular flexibility index (Phi) is 3.14. The second-order valence-corrected chi connectivity index (χ2v) is 4.47. The zero-order valence-corrected chi connectivity index (χ0v) is 10.8. The molecule has 3 rings (SSSR count). The highest BCUT2D eigenvalue weighted by Crippen LogP contribution is 2.25. The molecule has 0 bridgehead atoms. The van der Waals surface area contributed by atoms with Crippen molar-refractivity contribution in [2.24, 2.45) is 0 Å². The lowest BCUT2D eigenvalue weighted by atomic mass is 10.2. The highest BCUT2D eigenvalue weighted by molar-refractivity contribution is 6.17. The van der Waals surface area contributed by atoms with Crippen LogP contribution in [-0.4, -0.2) is 9.55 Å². The van der Waals surface area contributed by atoms with Crippen LogP contribution in [-0.2, 0) is 5.88 Å². The minimum Gasteiger partial charge on any atom is -0.295 e. The van der Waals surface area contributed by atoms with Crippen molar-refractivity contribution in [1.82, 2.24) is 9.55 Å². The average Bonchev–Trinajstić information content (AvgIpc) is 2.82. The molecule has 2 nitrogen and oxygen atoms in total. The molecule has 0 aliphatic heterocycles. The fourth-order valence-electron chi connectivity index (χ4n) is 2.12. The summed E-state index contributed by atoms with van der Waals surface area (Å²) in [5.74, 6) is -2.04. The molecule has 0 aliphatic rings. The number of alkyl halides is 1. The van der Waals surface area contributed by atoms with Gasteiger partial charge in [-0.3, -0.25) is 4.57 Å². The number of halogens is 4. The molecule has 6 heteroatoms. The third-order valence-electron chi connectivity index (χ3n) is 2.99. The van der Waals surface area contributed by atoms with Crippen LogP contribution in [0.1, 0.15) is 5.82 Å². The number of nitrogens with zero attached hydrogens (tertiary/aromatic N) is 2. The average molecular weight is 297 g/mol. The molecule has 0 saturated heterocycles. The maximum atomic E-state index is 13.7. The van der Waals surface area contributed by atoms with Gasteiger partial charge < -0.3 is 0 Å². The van der Waals surface area contributed by atoms with E-state index in [0.29, 0.717) is 17.0 Å². The Morgan fingerprint density at radius 3 is 2.50 bits per heavy atom. The van der Waals surface area contributed by atoms with Gasteiger partial charge in [0.1, 0.15) is 11.3 Å². The van der Waals surface area contributed by atoms with Crippen LogP contribution in [0.2, 0.25) is 0 Å². The molecular formula is C14H8ClF3N2. The van der Waals surface area contributed by atoms with Crippen LogP contribution in [0.3, 0.4) is 0 Å². The Morgan fingerprint density at radius 1 is 1.00 bits per heavy atom. The number of imidazole rings is 1. The van der Waals surface area contributed by atoms with Crippen molar-refractivity contribution in [1.29, 1.82) is 0 Å². The minimum atomic E-state index is -0.985. The second-order valence-electron chi connectivity index (χ2n) is 4.20. The molecule has 1 aromatic heterocycles. The Bertz CT molecular complexity index is 798. The fourth-order valence-corrected chi connectivity index (χ4v) is 2.29. The summed E-state index contributed by atoms with van der Waals surface area (Å²) in [6, 6.07) is 7.87. The van der Waals surface area contributed by atoms with Crippen LogP contribution in [0.25, 0.3) is 16.7 Å². The van der Waals surface area contributed by atoms with E-state index in [9.17, 15) is 13.2 Å². The third-order valence-corrected chi connectivity index (χ3v) is 3.23. The summed E-state index contributed by atoms with van der Waals surface area (Å²) in [7, 11) is 0. The van der Waals surface area contributed by atoms with Gasteiger partial charge in [0, 0.05) is 6.07 Å². The summed E-state index contributed by atoms with van der Waals surface area (Å²) in [6.45, 7) is 0. The SMILES string of the molecule is Fc1ccc(-n2c(CCl)nc3c(F)cccc32)cc1F. The van der Waals surface area contributed by atoms with Crippen molar-refractivity contribution in [2.45, 2.75) is 5.88 Å². The predicted octanol–water partition coefficient (Wildman–Crippen LogP) is 4.18. The third kappa shape index (κ3) is 1.94. The first-order valence-electron chi connectivity index (χ1n) is 5.79. The molecule has 0 atom stereocenters. The number of hydrogen-bond donors (Lipinski definition) is 0. The van der Waals surface area contributed by atoms with Crippen molar-refractivity contribution in [3.05, 3.63) is 59.7 Å². The molecule has 0 radical (unpaired) electrons. The number of fused-ring (bicyclic) bond motifs is 1. The molecule has 3 aromatic rings. The van der Waals surface area contributed by atoms with Gasteiger partial charge >= 0.3 is 0 Å². The van der Waals surface area contributed by atoms with Gasteiger partial charge in [0.15, 0.2) is 17.5 Å². The van der Waals surface area contributed by atoms with E-state index >= 15 is 0 Å². The Balaban J connectivity index is 2.34. The maximum Gasteiger partial charge on any atom is 0.160 e. The van der Waals surface area contributed by atoms with Crippen LogP contribution in [0.15, 0.2) is 36.4 Å². The lowest BCUT2D eigenvalue weighted by Gasteiger charge is -2.08. The fraction of sp³-hybridized carbons (Fsp3) is 0.0714. The normalized spacial score (nSPS) is 11.2. The van der Waals surface area contributed by atoms with Gasteiger partial charge in [0.25, 0.3) is 0 Å². The molecule has 0 fully saturated rings. The Morgan fingerprint density at radius 2 is 1.80 bits per heavy atom. The van der Waals surface area contributed by atoms with Crippen molar-refractivity contribution in [2.75, 3.05) is 0 Å². The van der Waals surface area contributed by atoms with Crippen LogP contribution in [0.5, 0.6) is 0 Å². The van der Waals surface area contributed by atoms with E-state index in [0.717, 1.165) is 12.1 Å². The van der Waals surface area contributed by atoms with Crippen LogP contribution in [0, 0.1) is 17.5 Å². The lowest BCUT2D eigenvalue weighted by Crippen LogP contribution is -2.00. The number of para-hydroxylation sites is 1. The summed E-state index contributed by atoms with van der Waals surface area (Å²) in [4.78, 5) is 4.10. The van der Waals surface area contributed by atoms with Gasteiger partial charge in [-0.15, -0.1) is 11.6 Å². The summed E-state index contributed by atoms with van der Waals surface area (Å²) in [5, 5.41) is 0. The maximum absolute atomic E-state index is 13.7. The van der Waals surface area contributed by atoms with E-state index in [2.05, 4.69) is 4.98 Å². The molecule has 0 unspecified atom stereocenters. The van der Waals surface area contributed by atoms with Crippen LogP contribution < -0.4 is 0 Å². The predicted molar refractivity (Wildman–Crippen MR) is 70.5 cm³/mol. The van der Waals surface area contributed by atoms with Crippen LogP contribution >= 0.6 is 11.6 Å². The molecule has 0 amide bonds. The largest absolute Gasteiger partial charge is 0.295 e. The van der Waals surface area contributed by atoms with E-state index in [1.165, 1.54) is 22.8 Å². The van der Waals surface area contributed by atoms with E-state index in [1.54, 1.807) is 6.07 Å². The van der Waals surface area contributed by atoms with Gasteiger partial charge in [0.05, 0.1) is 17.1 Å². The van der Waals surface area contributed by atoms with E-state index in [1.807, 2.05) is 0 Å². The van der Waals surface area contributed by atoms with Crippen molar-refractivity contribution < 1.29 is 13.2 Å². The first kappa shape index (κ1) is 13.0. The zero-order valence-electron chi connectivity index (χ0n) is 10.1. The quantitative estimate of drug-likeness (QED) is 0.649. The first-order chi connectivity index (χ1) is 9.61. The van der Waals surface area contributed by atoms with Crippen molar-refractivity contribution >= 4 is 22.6 Å². The summed E-state index contributed by atoms with van der Waals surface area (Å²) >= 11 is 5.80. The summed E-state index contributed by atoms with van der Waals surface area (Å²) < 4.78 is 41.6. The molecule has 102 valence electrons. The highest BCUT2D eigenvalue weighted by atomic mass is 35.5. The second kappa shape index (κ2) is 4.83. The molecule has 0 spiro atoms. The monoisotopic (exact) mass is 296 g/mol. The lowest BCUT2D eigenvalue weighted by molar-refractivity contribution is 0.508. The smallest absolute Gasteiger partial charge is 0.160 e. The Labute approximate surface area is 117 Å². The van der Waals surface area contributed by atoms with Crippen molar-refractivity contribution in [3.63, 3.8) is 0 Å². The molecule has 20 heavy (non-hydrogen) atoms. The van der Waals surface area contributed by atoms with E-state index in [4.69, 9.17) is 11.6 Å². The van der Waals surface area contributed by atoms with Gasteiger partial charge in [-0.2, -0.15) is 0 Å². The molecule has 1 heterocycles. The summed E-state index contributed by atoms with van der Waals surface area (Å²) in [5.41, 5.74) is 0.937. The van der Waals surface area contributed by atoms with Gasteiger partial charge in [-0.05, 0) is 24.3 Å². The summed E-state index contributed by atoms with van der Waals surface area (Å²) in [6.07, 6.45) is 0. The van der Waals surface area contributed by atoms with Gasteiger partial charge in [-0.25, -0.2) is 18.2 Å². The zero-order chi connectivity index (χ0) is 14.3. The number of rotatable bonds is 2. The minimum absolute atomic E-state index is 0.0209. The molecule has 0 N–H and O–H groups in total. The topological polar surface area (TPSA) is 17.8 Å². The first-order valence-corrected chi connectivity index (χ1v) is 6.32. The standard InChI is InChI=1S/C14H8ClF3N2/c15-7-13-19-14-10(17)2-1-3-12(14)20(13)8-4-5-9(16)11(18)6-8/h1-6H,7H2. The van der Waals surface area contributed by atoms with E-state index in [-0.39, 0.29) is 11.4 Å². The highest BCUT2D eigenvalue weighted by Gasteiger charge is 2.15. The van der Waals surface area contributed by atoms with Gasteiger partial charge in [0.2, 0.25) is 0 Å². The van der Waals surface area contributed by atoms with E-state index < -0.39 is 17.5 Å². The molecular weight excluding hydrogens is 289 g/mol. The van der Waals surface area contributed by atoms with Crippen molar-refractivity contribution in [3.8, 4) is 5.69 Å². The number of benzene rings is 2. The van der Waals surface area contributed by atoms with Gasteiger partial charge in [-0.1, -0.05) is 6.07 Å². The molecule has 2 aromatic carbocycles. The molecule has 0 aliphatic carbocycles.